The molecule has 0 aromatic heterocycles. The van der Waals surface area contributed by atoms with Crippen LogP contribution in [0.25, 0.3) is 0 Å². The van der Waals surface area contributed by atoms with Crippen molar-refractivity contribution in [2.45, 2.75) is 33.7 Å². The second-order valence-electron chi connectivity index (χ2n) is 4.93. The van der Waals surface area contributed by atoms with E-state index in [0.29, 0.717) is 6.04 Å². The third-order valence-corrected chi connectivity index (χ3v) is 3.39. The van der Waals surface area contributed by atoms with E-state index in [1.807, 2.05) is 0 Å². The van der Waals surface area contributed by atoms with Gasteiger partial charge in [-0.1, -0.05) is 30.7 Å². The minimum absolute atomic E-state index is 0.431. The van der Waals surface area contributed by atoms with Crippen molar-refractivity contribution in [3.63, 3.8) is 0 Å². The van der Waals surface area contributed by atoms with Gasteiger partial charge < -0.3 is 10.2 Å². The number of rotatable bonds is 6. The maximum absolute atomic E-state index is 3.59. The summed E-state index contributed by atoms with van der Waals surface area (Å²) in [7, 11) is 2.16. The van der Waals surface area contributed by atoms with Crippen LogP contribution in [0, 0.1) is 13.8 Å². The number of hydrogen-bond donors (Lipinski definition) is 1. The summed E-state index contributed by atoms with van der Waals surface area (Å²) in [5, 5.41) is 3.59. The fourth-order valence-electron chi connectivity index (χ4n) is 1.97. The van der Waals surface area contributed by atoms with Crippen molar-refractivity contribution in [3.05, 3.63) is 34.9 Å². The lowest BCUT2D eigenvalue weighted by Gasteiger charge is -2.20. The third-order valence-electron chi connectivity index (χ3n) is 3.39. The maximum Gasteiger partial charge on any atom is 0.0295 e. The van der Waals surface area contributed by atoms with E-state index < -0.39 is 0 Å². The summed E-state index contributed by atoms with van der Waals surface area (Å²) in [5.41, 5.74) is 4.13. The fourth-order valence-corrected chi connectivity index (χ4v) is 1.97. The van der Waals surface area contributed by atoms with Crippen LogP contribution in [-0.2, 0) is 0 Å². The van der Waals surface area contributed by atoms with Crippen molar-refractivity contribution in [2.75, 3.05) is 26.7 Å². The molecular formula is C15H26N2. The molecule has 0 radical (unpaired) electrons. The highest BCUT2D eigenvalue weighted by atomic mass is 15.1. The number of nitrogens with zero attached hydrogens (tertiary/aromatic N) is 1. The van der Waals surface area contributed by atoms with E-state index in [4.69, 9.17) is 0 Å². The molecule has 0 aliphatic carbocycles. The molecule has 0 heterocycles. The van der Waals surface area contributed by atoms with Crippen LogP contribution < -0.4 is 5.32 Å². The van der Waals surface area contributed by atoms with Gasteiger partial charge in [-0.2, -0.15) is 0 Å². The first kappa shape index (κ1) is 14.2. The zero-order chi connectivity index (χ0) is 12.8. The van der Waals surface area contributed by atoms with Crippen LogP contribution in [0.1, 0.15) is 36.6 Å². The molecule has 0 spiro atoms. The Labute approximate surface area is 106 Å². The molecule has 96 valence electrons. The second-order valence-corrected chi connectivity index (χ2v) is 4.93. The predicted octanol–water partition coefficient (Wildman–Crippen LogP) is 2.91. The molecule has 1 unspecified atom stereocenters. The van der Waals surface area contributed by atoms with Gasteiger partial charge in [0.2, 0.25) is 0 Å². The smallest absolute Gasteiger partial charge is 0.0295 e. The molecular weight excluding hydrogens is 208 g/mol. The van der Waals surface area contributed by atoms with Crippen LogP contribution in [0.5, 0.6) is 0 Å². The van der Waals surface area contributed by atoms with E-state index in [2.05, 4.69) is 63.2 Å². The van der Waals surface area contributed by atoms with Crippen molar-refractivity contribution in [2.24, 2.45) is 0 Å². The molecule has 2 heteroatoms. The maximum atomic E-state index is 3.59. The summed E-state index contributed by atoms with van der Waals surface area (Å²) in [5.74, 6) is 0. The zero-order valence-corrected chi connectivity index (χ0v) is 11.9. The molecule has 0 bridgehead atoms. The molecule has 0 saturated heterocycles. The van der Waals surface area contributed by atoms with Crippen LogP contribution in [-0.4, -0.2) is 31.6 Å². The molecule has 1 N–H and O–H groups in total. The first-order valence-corrected chi connectivity index (χ1v) is 6.53. The molecule has 17 heavy (non-hydrogen) atoms. The Kier molecular flexibility index (Phi) is 5.66. The highest BCUT2D eigenvalue weighted by Gasteiger charge is 2.07. The molecule has 2 nitrogen and oxygen atoms in total. The highest BCUT2D eigenvalue weighted by molar-refractivity contribution is 5.32. The Morgan fingerprint density at radius 2 is 2.00 bits per heavy atom. The third kappa shape index (κ3) is 4.49. The van der Waals surface area contributed by atoms with E-state index in [9.17, 15) is 0 Å². The summed E-state index contributed by atoms with van der Waals surface area (Å²) in [6.45, 7) is 12.0. The molecule has 0 fully saturated rings. The van der Waals surface area contributed by atoms with Crippen molar-refractivity contribution < 1.29 is 0 Å². The second kappa shape index (κ2) is 6.77. The number of hydrogen-bond acceptors (Lipinski definition) is 2. The number of nitrogens with one attached hydrogen (secondary N) is 1. The van der Waals surface area contributed by atoms with Gasteiger partial charge in [0.15, 0.2) is 0 Å². The molecule has 0 aliphatic heterocycles. The van der Waals surface area contributed by atoms with E-state index in [0.717, 1.165) is 19.6 Å². The predicted molar refractivity (Wildman–Crippen MR) is 75.5 cm³/mol. The minimum atomic E-state index is 0.431. The summed E-state index contributed by atoms with van der Waals surface area (Å²) < 4.78 is 0. The van der Waals surface area contributed by atoms with Gasteiger partial charge in [-0.3, -0.25) is 0 Å². The van der Waals surface area contributed by atoms with E-state index in [-0.39, 0.29) is 0 Å². The van der Waals surface area contributed by atoms with Crippen LogP contribution >= 0.6 is 0 Å². The lowest BCUT2D eigenvalue weighted by atomic mass is 10.00. The lowest BCUT2D eigenvalue weighted by Crippen LogP contribution is -2.30. The van der Waals surface area contributed by atoms with Crippen molar-refractivity contribution in [1.82, 2.24) is 10.2 Å². The van der Waals surface area contributed by atoms with Gasteiger partial charge in [-0.05, 0) is 45.5 Å². The number of aryl methyl sites for hydroxylation is 2. The Balaban J connectivity index is 2.52. The zero-order valence-electron chi connectivity index (χ0n) is 11.9. The van der Waals surface area contributed by atoms with Gasteiger partial charge in [-0.15, -0.1) is 0 Å². The topological polar surface area (TPSA) is 15.3 Å². The Bertz CT molecular complexity index is 347. The van der Waals surface area contributed by atoms with Crippen LogP contribution in [0.2, 0.25) is 0 Å². The Morgan fingerprint density at radius 1 is 1.29 bits per heavy atom. The average molecular weight is 234 g/mol. The van der Waals surface area contributed by atoms with E-state index in [1.54, 1.807) is 0 Å². The molecule has 1 rings (SSSR count). The van der Waals surface area contributed by atoms with Crippen molar-refractivity contribution in [3.8, 4) is 0 Å². The summed E-state index contributed by atoms with van der Waals surface area (Å²) >= 11 is 0. The van der Waals surface area contributed by atoms with E-state index >= 15 is 0 Å². The first-order valence-electron chi connectivity index (χ1n) is 6.53. The largest absolute Gasteiger partial charge is 0.309 e. The average Bonchev–Trinajstić information content (AvgIpc) is 2.31. The molecule has 0 amide bonds. The van der Waals surface area contributed by atoms with Gasteiger partial charge in [0.05, 0.1) is 0 Å². The lowest BCUT2D eigenvalue weighted by molar-refractivity contribution is 0.342. The normalized spacial score (nSPS) is 13.1. The minimum Gasteiger partial charge on any atom is -0.309 e. The monoisotopic (exact) mass is 234 g/mol. The van der Waals surface area contributed by atoms with E-state index in [1.165, 1.54) is 16.7 Å². The summed E-state index contributed by atoms with van der Waals surface area (Å²) in [6, 6.07) is 7.11. The number of likely N-dealkylation sites (N-methyl/N-ethyl adjacent to an activating group) is 1. The summed E-state index contributed by atoms with van der Waals surface area (Å²) in [6.07, 6.45) is 0. The number of benzene rings is 1. The molecule has 1 aromatic carbocycles. The highest BCUT2D eigenvalue weighted by Crippen LogP contribution is 2.18. The molecule has 0 saturated carbocycles. The quantitative estimate of drug-likeness (QED) is 0.814. The standard InChI is InChI=1S/C15H26N2/c1-6-17(5)10-9-16-14(4)15-11-12(2)7-8-13(15)3/h7-8,11,14,16H,6,9-10H2,1-5H3. The van der Waals surface area contributed by atoms with Crippen LogP contribution in [0.3, 0.4) is 0 Å². The Hall–Kier alpha value is -0.860. The SMILES string of the molecule is CCN(C)CCNC(C)c1cc(C)ccc1C. The fraction of sp³-hybridized carbons (Fsp3) is 0.600. The Morgan fingerprint density at radius 3 is 2.65 bits per heavy atom. The molecule has 1 atom stereocenters. The van der Waals surface area contributed by atoms with Gasteiger partial charge in [0, 0.05) is 19.1 Å². The van der Waals surface area contributed by atoms with Crippen molar-refractivity contribution in [1.29, 1.82) is 0 Å². The van der Waals surface area contributed by atoms with Crippen molar-refractivity contribution >= 4 is 0 Å². The van der Waals surface area contributed by atoms with Crippen LogP contribution in [0.15, 0.2) is 18.2 Å². The summed E-state index contributed by atoms with van der Waals surface area (Å²) in [4.78, 5) is 2.32. The van der Waals surface area contributed by atoms with Gasteiger partial charge in [0.1, 0.15) is 0 Å². The molecule has 1 aromatic rings. The van der Waals surface area contributed by atoms with Gasteiger partial charge >= 0.3 is 0 Å². The van der Waals surface area contributed by atoms with Gasteiger partial charge in [0.25, 0.3) is 0 Å². The van der Waals surface area contributed by atoms with Gasteiger partial charge in [-0.25, -0.2) is 0 Å². The first-order chi connectivity index (χ1) is 8.04. The van der Waals surface area contributed by atoms with Crippen LogP contribution in [0.4, 0.5) is 0 Å². The molecule has 0 aliphatic rings.